The molecule has 0 bridgehead atoms. The fraction of sp³-hybridized carbons (Fsp3) is 0.300. The second-order valence-electron chi connectivity index (χ2n) is 6.23. The summed E-state index contributed by atoms with van der Waals surface area (Å²) in [4.78, 5) is 12.3. The predicted molar refractivity (Wildman–Crippen MR) is 93.3 cm³/mol. The molecular weight excluding hydrogens is 300 g/mol. The number of nitrogens with one attached hydrogen (secondary N) is 1. The van der Waals surface area contributed by atoms with Crippen LogP contribution in [0.5, 0.6) is 0 Å². The van der Waals surface area contributed by atoms with Gasteiger partial charge in [0, 0.05) is 17.7 Å². The van der Waals surface area contributed by atoms with Crippen molar-refractivity contribution in [2.45, 2.75) is 32.6 Å². The number of nitriles is 1. The van der Waals surface area contributed by atoms with E-state index in [9.17, 15) is 10.1 Å². The molecule has 4 heteroatoms. The molecule has 1 fully saturated rings. The smallest absolute Gasteiger partial charge is 0.266 e. The zero-order chi connectivity index (χ0) is 17.1. The van der Waals surface area contributed by atoms with E-state index in [1.807, 2.05) is 36.4 Å². The highest BCUT2D eigenvalue weighted by molar-refractivity contribution is 6.09. The van der Waals surface area contributed by atoms with Crippen LogP contribution in [0, 0.1) is 17.2 Å². The molecule has 0 aliphatic heterocycles. The second-order valence-corrected chi connectivity index (χ2v) is 6.23. The Balaban J connectivity index is 1.71. The van der Waals surface area contributed by atoms with E-state index < -0.39 is 5.91 Å². The Bertz CT molecular complexity index is 809. The molecule has 1 heterocycles. The zero-order valence-corrected chi connectivity index (χ0v) is 13.9. The van der Waals surface area contributed by atoms with E-state index in [-0.39, 0.29) is 5.57 Å². The zero-order valence-electron chi connectivity index (χ0n) is 13.9. The van der Waals surface area contributed by atoms with Crippen molar-refractivity contribution in [1.82, 2.24) is 0 Å². The number of rotatable bonds is 5. The molecule has 1 aromatic heterocycles. The Morgan fingerprint density at radius 3 is 2.62 bits per heavy atom. The molecule has 2 atom stereocenters. The molecule has 3 rings (SSSR count). The van der Waals surface area contributed by atoms with Crippen molar-refractivity contribution in [2.24, 2.45) is 5.92 Å². The van der Waals surface area contributed by atoms with Crippen molar-refractivity contribution < 1.29 is 9.21 Å². The molecule has 122 valence electrons. The van der Waals surface area contributed by atoms with Gasteiger partial charge in [-0.15, -0.1) is 0 Å². The van der Waals surface area contributed by atoms with Crippen LogP contribution >= 0.6 is 0 Å². The van der Waals surface area contributed by atoms with Crippen molar-refractivity contribution >= 4 is 17.7 Å². The van der Waals surface area contributed by atoms with Gasteiger partial charge >= 0.3 is 0 Å². The molecule has 1 aliphatic rings. The third kappa shape index (κ3) is 3.57. The fourth-order valence-corrected chi connectivity index (χ4v) is 2.68. The number of carbonyl (C=O) groups is 1. The molecule has 0 saturated heterocycles. The van der Waals surface area contributed by atoms with Gasteiger partial charge in [0.2, 0.25) is 0 Å². The molecule has 1 saturated carbocycles. The highest BCUT2D eigenvalue weighted by Gasteiger charge is 2.36. The van der Waals surface area contributed by atoms with Crippen LogP contribution in [0.1, 0.15) is 43.3 Å². The Morgan fingerprint density at radius 1 is 1.33 bits per heavy atom. The summed E-state index contributed by atoms with van der Waals surface area (Å²) in [6, 6.07) is 13.3. The molecule has 1 aliphatic carbocycles. The Morgan fingerprint density at radius 2 is 2.04 bits per heavy atom. The minimum atomic E-state index is -0.431. The van der Waals surface area contributed by atoms with E-state index in [1.54, 1.807) is 6.07 Å². The maximum absolute atomic E-state index is 12.3. The number of anilines is 1. The Hall–Kier alpha value is -2.80. The van der Waals surface area contributed by atoms with Gasteiger partial charge in [-0.25, -0.2) is 0 Å². The summed E-state index contributed by atoms with van der Waals surface area (Å²) in [6.45, 7) is 4.25. The van der Waals surface area contributed by atoms with Crippen LogP contribution < -0.4 is 5.32 Å². The SMILES string of the molecule is CCc1ccc(NC(=O)/C(C#N)=C/c2ccc([C@H]3C[C@@H]3C)o2)cc1. The standard InChI is InChI=1S/C20H20N2O2/c1-3-14-4-6-16(7-5-14)22-20(23)15(12-21)11-17-8-9-19(24-17)18-10-13(18)2/h4-9,11,13,18H,3,10H2,1-2H3,(H,22,23)/b15-11+/t13-,18-/m0/s1. The van der Waals surface area contributed by atoms with Crippen LogP contribution in [0.4, 0.5) is 5.69 Å². The largest absolute Gasteiger partial charge is 0.461 e. The van der Waals surface area contributed by atoms with Crippen LogP contribution in [0.3, 0.4) is 0 Å². The van der Waals surface area contributed by atoms with Crippen LogP contribution in [0.2, 0.25) is 0 Å². The molecule has 0 radical (unpaired) electrons. The van der Waals surface area contributed by atoms with E-state index in [4.69, 9.17) is 4.42 Å². The lowest BCUT2D eigenvalue weighted by Gasteiger charge is -2.05. The monoisotopic (exact) mass is 320 g/mol. The predicted octanol–water partition coefficient (Wildman–Crippen LogP) is 4.51. The molecule has 1 aromatic carbocycles. The summed E-state index contributed by atoms with van der Waals surface area (Å²) in [7, 11) is 0. The van der Waals surface area contributed by atoms with Gasteiger partial charge in [-0.3, -0.25) is 4.79 Å². The quantitative estimate of drug-likeness (QED) is 0.651. The van der Waals surface area contributed by atoms with Gasteiger partial charge in [0.25, 0.3) is 5.91 Å². The van der Waals surface area contributed by atoms with Gasteiger partial charge in [0.15, 0.2) is 0 Å². The number of hydrogen-bond acceptors (Lipinski definition) is 3. The van der Waals surface area contributed by atoms with Crippen molar-refractivity contribution in [2.75, 3.05) is 5.32 Å². The highest BCUT2D eigenvalue weighted by Crippen LogP contribution is 2.47. The molecule has 1 amide bonds. The summed E-state index contributed by atoms with van der Waals surface area (Å²) in [5, 5.41) is 12.0. The number of nitrogens with zero attached hydrogens (tertiary/aromatic N) is 1. The van der Waals surface area contributed by atoms with Crippen LogP contribution in [0.15, 0.2) is 46.4 Å². The average molecular weight is 320 g/mol. The van der Waals surface area contributed by atoms with Crippen LogP contribution in [0.25, 0.3) is 6.08 Å². The van der Waals surface area contributed by atoms with Gasteiger partial charge < -0.3 is 9.73 Å². The van der Waals surface area contributed by atoms with Crippen LogP contribution in [-0.2, 0) is 11.2 Å². The third-order valence-corrected chi connectivity index (χ3v) is 4.39. The summed E-state index contributed by atoms with van der Waals surface area (Å²) < 4.78 is 5.73. The van der Waals surface area contributed by atoms with Gasteiger partial charge in [-0.05, 0) is 48.6 Å². The first-order valence-electron chi connectivity index (χ1n) is 8.22. The van der Waals surface area contributed by atoms with E-state index in [0.717, 1.165) is 18.6 Å². The number of benzene rings is 1. The van der Waals surface area contributed by atoms with Crippen molar-refractivity contribution in [3.63, 3.8) is 0 Å². The summed E-state index contributed by atoms with van der Waals surface area (Å²) in [5.41, 5.74) is 1.89. The molecule has 2 aromatic rings. The molecule has 4 nitrogen and oxygen atoms in total. The lowest BCUT2D eigenvalue weighted by Crippen LogP contribution is -2.13. The third-order valence-electron chi connectivity index (χ3n) is 4.39. The van der Waals surface area contributed by atoms with E-state index in [0.29, 0.717) is 23.3 Å². The number of aryl methyl sites for hydroxylation is 1. The number of furan rings is 1. The summed E-state index contributed by atoms with van der Waals surface area (Å²) >= 11 is 0. The molecule has 0 unspecified atom stereocenters. The molecule has 1 N–H and O–H groups in total. The van der Waals surface area contributed by atoms with E-state index in [2.05, 4.69) is 19.2 Å². The fourth-order valence-electron chi connectivity index (χ4n) is 2.68. The van der Waals surface area contributed by atoms with Crippen LogP contribution in [-0.4, -0.2) is 5.91 Å². The number of amides is 1. The minimum Gasteiger partial charge on any atom is -0.461 e. The number of hydrogen-bond donors (Lipinski definition) is 1. The van der Waals surface area contributed by atoms with Crippen molar-refractivity contribution in [3.8, 4) is 6.07 Å². The van der Waals surface area contributed by atoms with Gasteiger partial charge in [-0.2, -0.15) is 5.26 Å². The second kappa shape index (κ2) is 6.76. The first-order chi connectivity index (χ1) is 11.6. The highest BCUT2D eigenvalue weighted by atomic mass is 16.3. The molecular formula is C20H20N2O2. The Labute approximate surface area is 141 Å². The lowest BCUT2D eigenvalue weighted by atomic mass is 10.1. The maximum Gasteiger partial charge on any atom is 0.266 e. The summed E-state index contributed by atoms with van der Waals surface area (Å²) in [6.07, 6.45) is 3.57. The maximum atomic E-state index is 12.3. The number of carbonyl (C=O) groups excluding carboxylic acids is 1. The van der Waals surface area contributed by atoms with E-state index >= 15 is 0 Å². The average Bonchev–Trinajstić information content (AvgIpc) is 3.14. The van der Waals surface area contributed by atoms with Gasteiger partial charge in [0.05, 0.1) is 0 Å². The van der Waals surface area contributed by atoms with Gasteiger partial charge in [0.1, 0.15) is 23.2 Å². The van der Waals surface area contributed by atoms with Crippen molar-refractivity contribution in [1.29, 1.82) is 5.26 Å². The topological polar surface area (TPSA) is 66.0 Å². The molecule has 0 spiro atoms. The minimum absolute atomic E-state index is 0.0271. The first kappa shape index (κ1) is 16.1. The normalized spacial score (nSPS) is 19.6. The van der Waals surface area contributed by atoms with Crippen molar-refractivity contribution in [3.05, 3.63) is 59.1 Å². The van der Waals surface area contributed by atoms with Gasteiger partial charge in [-0.1, -0.05) is 26.0 Å². The molecule has 24 heavy (non-hydrogen) atoms. The lowest BCUT2D eigenvalue weighted by molar-refractivity contribution is -0.112. The first-order valence-corrected chi connectivity index (χ1v) is 8.22. The van der Waals surface area contributed by atoms with E-state index in [1.165, 1.54) is 11.6 Å². The Kier molecular flexibility index (Phi) is 4.52. The summed E-state index contributed by atoms with van der Waals surface area (Å²) in [5.74, 6) is 2.17.